The van der Waals surface area contributed by atoms with Crippen LogP contribution in [-0.2, 0) is 9.53 Å². The maximum Gasteiger partial charge on any atom is 0.361 e. The van der Waals surface area contributed by atoms with Gasteiger partial charge < -0.3 is 33.2 Å². The third kappa shape index (κ3) is 20.2. The summed E-state index contributed by atoms with van der Waals surface area (Å²) in [6, 6.07) is 0. The zero-order chi connectivity index (χ0) is 15.3. The normalized spacial score (nSPS) is 11.0. The van der Waals surface area contributed by atoms with Gasteiger partial charge in [0.05, 0.1) is 27.7 Å². The molecule has 0 spiro atoms. The zero-order valence-corrected chi connectivity index (χ0v) is 16.8. The van der Waals surface area contributed by atoms with E-state index in [1.54, 1.807) is 0 Å². The van der Waals surface area contributed by atoms with Crippen LogP contribution in [0.5, 0.6) is 0 Å². The van der Waals surface area contributed by atoms with Crippen LogP contribution in [0.1, 0.15) is 71.1 Å². The summed E-state index contributed by atoms with van der Waals surface area (Å²) >= 11 is 0. The summed E-state index contributed by atoms with van der Waals surface area (Å²) in [6.07, 6.45) is 13.1. The number of halogens is 1. The molecule has 21 heavy (non-hydrogen) atoms. The van der Waals surface area contributed by atoms with Gasteiger partial charge in [0.1, 0.15) is 0 Å². The molecular weight excluding hydrogens is 377 g/mol. The van der Waals surface area contributed by atoms with Gasteiger partial charge in [-0.25, -0.2) is 4.79 Å². The molecule has 0 rings (SSSR count). The quantitative estimate of drug-likeness (QED) is 0.196. The van der Waals surface area contributed by atoms with E-state index >= 15 is 0 Å². The van der Waals surface area contributed by atoms with E-state index in [2.05, 4.69) is 6.92 Å². The summed E-state index contributed by atoms with van der Waals surface area (Å²) < 4.78 is 5.87. The fourth-order valence-electron chi connectivity index (χ4n) is 2.21. The third-order valence-corrected chi connectivity index (χ3v) is 3.36. The largest absolute Gasteiger partial charge is 1.00 e. The standard InChI is InChI=1S/C17H36NO2.HI/c1-5-6-7-8-9-10-11-12-13-14-15-20-17(19)16-18(2,3)4;/h5-16H2,1-4H3;1H/q+1;/p-1. The predicted molar refractivity (Wildman–Crippen MR) is 85.7 cm³/mol. The van der Waals surface area contributed by atoms with Crippen LogP contribution in [-0.4, -0.2) is 44.7 Å². The Hall–Kier alpha value is 0.160. The van der Waals surface area contributed by atoms with Gasteiger partial charge in [-0.1, -0.05) is 64.7 Å². The van der Waals surface area contributed by atoms with E-state index in [0.717, 1.165) is 6.42 Å². The van der Waals surface area contributed by atoms with Crippen molar-refractivity contribution in [3.05, 3.63) is 0 Å². The van der Waals surface area contributed by atoms with Crippen molar-refractivity contribution in [2.24, 2.45) is 0 Å². The van der Waals surface area contributed by atoms with Crippen LogP contribution in [0.2, 0.25) is 0 Å². The average Bonchev–Trinajstić information content (AvgIpc) is 2.34. The van der Waals surface area contributed by atoms with Gasteiger partial charge in [0.2, 0.25) is 0 Å². The van der Waals surface area contributed by atoms with Gasteiger partial charge in [-0.05, 0) is 6.42 Å². The minimum absolute atomic E-state index is 0. The summed E-state index contributed by atoms with van der Waals surface area (Å²) in [5.41, 5.74) is 0. The SMILES string of the molecule is CCCCCCCCCCCCOC(=O)C[N+](C)(C)C.[I-]. The molecule has 0 radical (unpaired) electrons. The number of ether oxygens (including phenoxy) is 1. The lowest BCUT2D eigenvalue weighted by Crippen LogP contribution is -3.00. The van der Waals surface area contributed by atoms with Crippen molar-refractivity contribution in [2.75, 3.05) is 34.3 Å². The molecular formula is C17H36INO2. The highest BCUT2D eigenvalue weighted by molar-refractivity contribution is 5.70. The second-order valence-corrected chi connectivity index (χ2v) is 6.85. The molecule has 0 aromatic carbocycles. The smallest absolute Gasteiger partial charge is 0.361 e. The Balaban J connectivity index is 0. The molecule has 128 valence electrons. The van der Waals surface area contributed by atoms with Crippen LogP contribution >= 0.6 is 0 Å². The van der Waals surface area contributed by atoms with Gasteiger partial charge in [0.25, 0.3) is 0 Å². The number of quaternary nitrogens is 1. The number of nitrogens with zero attached hydrogens (tertiary/aromatic N) is 1. The minimum atomic E-state index is -0.0755. The van der Waals surface area contributed by atoms with Crippen molar-refractivity contribution in [1.29, 1.82) is 0 Å². The van der Waals surface area contributed by atoms with E-state index in [1.165, 1.54) is 57.8 Å². The van der Waals surface area contributed by atoms with E-state index in [4.69, 9.17) is 4.74 Å². The van der Waals surface area contributed by atoms with Crippen molar-refractivity contribution >= 4 is 5.97 Å². The Morgan fingerprint density at radius 2 is 1.24 bits per heavy atom. The highest BCUT2D eigenvalue weighted by Crippen LogP contribution is 2.10. The Morgan fingerprint density at radius 3 is 1.67 bits per heavy atom. The van der Waals surface area contributed by atoms with Crippen molar-refractivity contribution in [3.63, 3.8) is 0 Å². The van der Waals surface area contributed by atoms with E-state index in [-0.39, 0.29) is 29.9 Å². The average molecular weight is 413 g/mol. The predicted octanol–water partition coefficient (Wildman–Crippen LogP) is 1.16. The first-order valence-corrected chi connectivity index (χ1v) is 8.42. The lowest BCUT2D eigenvalue weighted by Gasteiger charge is -2.22. The molecule has 4 heteroatoms. The second kappa shape index (κ2) is 15.1. The fraction of sp³-hybridized carbons (Fsp3) is 0.941. The Bertz CT molecular complexity index is 239. The van der Waals surface area contributed by atoms with Crippen LogP contribution < -0.4 is 24.0 Å². The van der Waals surface area contributed by atoms with Crippen molar-refractivity contribution in [1.82, 2.24) is 0 Å². The minimum Gasteiger partial charge on any atom is -1.00 e. The first-order chi connectivity index (χ1) is 9.45. The molecule has 0 heterocycles. The van der Waals surface area contributed by atoms with Crippen LogP contribution in [0.4, 0.5) is 0 Å². The van der Waals surface area contributed by atoms with Crippen LogP contribution in [0.15, 0.2) is 0 Å². The molecule has 0 aliphatic heterocycles. The van der Waals surface area contributed by atoms with Crippen molar-refractivity contribution in [3.8, 4) is 0 Å². The maximum absolute atomic E-state index is 11.5. The first-order valence-electron chi connectivity index (χ1n) is 8.42. The Morgan fingerprint density at radius 1 is 0.810 bits per heavy atom. The molecule has 0 fully saturated rings. The molecule has 0 aliphatic carbocycles. The molecule has 3 nitrogen and oxygen atoms in total. The lowest BCUT2D eigenvalue weighted by atomic mass is 10.1. The fourth-order valence-corrected chi connectivity index (χ4v) is 2.21. The molecule has 0 unspecified atom stereocenters. The van der Waals surface area contributed by atoms with Gasteiger partial charge in [-0.15, -0.1) is 0 Å². The molecule has 0 atom stereocenters. The number of esters is 1. The second-order valence-electron chi connectivity index (χ2n) is 6.85. The molecule has 0 amide bonds. The molecule has 0 saturated heterocycles. The summed E-state index contributed by atoms with van der Waals surface area (Å²) in [6.45, 7) is 3.31. The number of hydrogen-bond acceptors (Lipinski definition) is 2. The first kappa shape index (κ1) is 23.4. The van der Waals surface area contributed by atoms with Gasteiger partial charge in [-0.3, -0.25) is 0 Å². The van der Waals surface area contributed by atoms with E-state index in [1.807, 2.05) is 21.1 Å². The summed E-state index contributed by atoms with van der Waals surface area (Å²) in [5, 5.41) is 0. The number of carbonyl (C=O) groups excluding carboxylic acids is 1. The third-order valence-electron chi connectivity index (χ3n) is 3.36. The lowest BCUT2D eigenvalue weighted by molar-refractivity contribution is -0.862. The van der Waals surface area contributed by atoms with Gasteiger partial charge in [0, 0.05) is 0 Å². The molecule has 0 aromatic heterocycles. The van der Waals surface area contributed by atoms with E-state index in [0.29, 0.717) is 17.6 Å². The summed E-state index contributed by atoms with van der Waals surface area (Å²) in [4.78, 5) is 11.5. The van der Waals surface area contributed by atoms with E-state index < -0.39 is 0 Å². The Labute approximate surface area is 149 Å². The molecule has 0 bridgehead atoms. The van der Waals surface area contributed by atoms with Crippen LogP contribution in [0, 0.1) is 0 Å². The molecule has 0 aliphatic rings. The van der Waals surface area contributed by atoms with Gasteiger partial charge in [0.15, 0.2) is 6.54 Å². The van der Waals surface area contributed by atoms with Crippen LogP contribution in [0.25, 0.3) is 0 Å². The van der Waals surface area contributed by atoms with Crippen molar-refractivity contribution < 1.29 is 38.0 Å². The number of carbonyl (C=O) groups is 1. The van der Waals surface area contributed by atoms with Gasteiger partial charge >= 0.3 is 5.97 Å². The summed E-state index contributed by atoms with van der Waals surface area (Å²) in [5.74, 6) is -0.0755. The topological polar surface area (TPSA) is 26.3 Å². The Kier molecular flexibility index (Phi) is 16.8. The van der Waals surface area contributed by atoms with Gasteiger partial charge in [-0.2, -0.15) is 0 Å². The number of hydrogen-bond donors (Lipinski definition) is 0. The van der Waals surface area contributed by atoms with E-state index in [9.17, 15) is 4.79 Å². The van der Waals surface area contributed by atoms with Crippen LogP contribution in [0.3, 0.4) is 0 Å². The number of unbranched alkanes of at least 4 members (excludes halogenated alkanes) is 9. The number of likely N-dealkylation sites (N-methyl/N-ethyl adjacent to an activating group) is 1. The molecule has 0 N–H and O–H groups in total. The molecule has 0 saturated carbocycles. The maximum atomic E-state index is 11.5. The highest BCUT2D eigenvalue weighted by atomic mass is 127. The monoisotopic (exact) mass is 413 g/mol. The number of rotatable bonds is 13. The highest BCUT2D eigenvalue weighted by Gasteiger charge is 2.14. The zero-order valence-electron chi connectivity index (χ0n) is 14.6. The molecule has 0 aromatic rings. The van der Waals surface area contributed by atoms with Crippen molar-refractivity contribution in [2.45, 2.75) is 71.1 Å². The summed E-state index contributed by atoms with van der Waals surface area (Å²) in [7, 11) is 6.01.